The highest BCUT2D eigenvalue weighted by molar-refractivity contribution is 14.0. The van der Waals surface area contributed by atoms with Gasteiger partial charge in [-0.1, -0.05) is 18.0 Å². The number of hydrogen-bond donors (Lipinski definition) is 2. The van der Waals surface area contributed by atoms with E-state index in [4.69, 9.17) is 11.6 Å². The van der Waals surface area contributed by atoms with E-state index in [9.17, 15) is 4.79 Å². The molecule has 2 N–H and O–H groups in total. The molecular weight excluding hydrogens is 481 g/mol. The standard InChI is InChI=1S/C18H28ClN5O2.HI/c1-20-18(22-10-5-3-4-8-16(25)26-2)23-14-9-12-24(13-14)17-15(19)7-6-11-21-17;/h6-7,11,14H,3-5,8-10,12-13H2,1-2H3,(H2,20,22,23);1H. The molecule has 1 saturated heterocycles. The summed E-state index contributed by atoms with van der Waals surface area (Å²) in [6.45, 7) is 2.58. The number of unbranched alkanes of at least 4 members (excludes halogenated alkanes) is 2. The molecule has 1 aliphatic rings. The first-order valence-corrected chi connectivity index (χ1v) is 9.41. The quantitative estimate of drug-likeness (QED) is 0.184. The van der Waals surface area contributed by atoms with Crippen molar-refractivity contribution in [3.05, 3.63) is 23.4 Å². The number of esters is 1. The van der Waals surface area contributed by atoms with E-state index in [2.05, 4.69) is 30.2 Å². The Kier molecular flexibility index (Phi) is 11.4. The zero-order valence-corrected chi connectivity index (χ0v) is 19.0. The SMILES string of the molecule is CN=C(NCCCCCC(=O)OC)NC1CCN(c2ncccc2Cl)C1.I. The number of hydrogen-bond acceptors (Lipinski definition) is 5. The molecule has 0 bridgehead atoms. The van der Waals surface area contributed by atoms with Crippen molar-refractivity contribution in [2.24, 2.45) is 4.99 Å². The number of nitrogens with zero attached hydrogens (tertiary/aromatic N) is 3. The Morgan fingerprint density at radius 3 is 2.96 bits per heavy atom. The largest absolute Gasteiger partial charge is 0.469 e. The molecule has 1 fully saturated rings. The van der Waals surface area contributed by atoms with Crippen LogP contribution in [0, 0.1) is 0 Å². The lowest BCUT2D eigenvalue weighted by Crippen LogP contribution is -2.44. The maximum atomic E-state index is 11.1. The Morgan fingerprint density at radius 2 is 2.26 bits per heavy atom. The van der Waals surface area contributed by atoms with Gasteiger partial charge in [-0.25, -0.2) is 4.98 Å². The van der Waals surface area contributed by atoms with Crippen LogP contribution < -0.4 is 15.5 Å². The molecule has 0 aromatic carbocycles. The van der Waals surface area contributed by atoms with Gasteiger partial charge in [0, 0.05) is 45.3 Å². The summed E-state index contributed by atoms with van der Waals surface area (Å²) < 4.78 is 4.63. The average Bonchev–Trinajstić information content (AvgIpc) is 3.11. The molecule has 27 heavy (non-hydrogen) atoms. The smallest absolute Gasteiger partial charge is 0.305 e. The van der Waals surface area contributed by atoms with E-state index in [0.29, 0.717) is 17.5 Å². The highest BCUT2D eigenvalue weighted by atomic mass is 127. The van der Waals surface area contributed by atoms with Crippen molar-refractivity contribution < 1.29 is 9.53 Å². The van der Waals surface area contributed by atoms with Crippen molar-refractivity contribution in [1.29, 1.82) is 0 Å². The zero-order valence-electron chi connectivity index (χ0n) is 15.9. The lowest BCUT2D eigenvalue weighted by atomic mass is 10.2. The fourth-order valence-corrected chi connectivity index (χ4v) is 3.19. The van der Waals surface area contributed by atoms with Crippen molar-refractivity contribution in [2.45, 2.75) is 38.1 Å². The van der Waals surface area contributed by atoms with Gasteiger partial charge in [0.05, 0.1) is 12.1 Å². The van der Waals surface area contributed by atoms with Gasteiger partial charge in [-0.3, -0.25) is 9.79 Å². The van der Waals surface area contributed by atoms with Crippen molar-refractivity contribution in [3.8, 4) is 0 Å². The van der Waals surface area contributed by atoms with Crippen LogP contribution in [-0.4, -0.2) is 56.7 Å². The highest BCUT2D eigenvalue weighted by Gasteiger charge is 2.25. The molecule has 152 valence electrons. The Balaban J connectivity index is 0.00000364. The van der Waals surface area contributed by atoms with E-state index in [0.717, 1.165) is 57.1 Å². The molecule has 1 atom stereocenters. The summed E-state index contributed by atoms with van der Waals surface area (Å²) in [7, 11) is 3.19. The van der Waals surface area contributed by atoms with E-state index < -0.39 is 0 Å². The summed E-state index contributed by atoms with van der Waals surface area (Å²) in [5.74, 6) is 1.50. The topological polar surface area (TPSA) is 78.8 Å². The van der Waals surface area contributed by atoms with E-state index in [1.54, 1.807) is 13.2 Å². The van der Waals surface area contributed by atoms with Crippen LogP contribution in [-0.2, 0) is 9.53 Å². The van der Waals surface area contributed by atoms with Gasteiger partial charge in [0.1, 0.15) is 5.82 Å². The van der Waals surface area contributed by atoms with Gasteiger partial charge in [0.2, 0.25) is 0 Å². The van der Waals surface area contributed by atoms with Crippen LogP contribution in [0.1, 0.15) is 32.1 Å². The first kappa shape index (κ1) is 23.7. The second-order valence-electron chi connectivity index (χ2n) is 6.27. The molecule has 7 nitrogen and oxygen atoms in total. The van der Waals surface area contributed by atoms with Crippen LogP contribution in [0.2, 0.25) is 5.02 Å². The van der Waals surface area contributed by atoms with E-state index in [1.807, 2.05) is 12.1 Å². The summed E-state index contributed by atoms with van der Waals surface area (Å²) in [5.41, 5.74) is 0. The number of pyridine rings is 1. The van der Waals surface area contributed by atoms with Crippen molar-refractivity contribution in [1.82, 2.24) is 15.6 Å². The minimum atomic E-state index is -0.144. The molecule has 1 aliphatic heterocycles. The van der Waals surface area contributed by atoms with Gasteiger partial charge in [-0.05, 0) is 31.4 Å². The lowest BCUT2D eigenvalue weighted by Gasteiger charge is -2.20. The number of carbonyl (C=O) groups excluding carboxylic acids is 1. The molecule has 2 heterocycles. The van der Waals surface area contributed by atoms with Gasteiger partial charge < -0.3 is 20.3 Å². The maximum absolute atomic E-state index is 11.1. The van der Waals surface area contributed by atoms with E-state index in [1.165, 1.54) is 7.11 Å². The predicted octanol–water partition coefficient (Wildman–Crippen LogP) is 2.83. The number of nitrogens with one attached hydrogen (secondary N) is 2. The van der Waals surface area contributed by atoms with Crippen molar-refractivity contribution >= 4 is 53.3 Å². The molecule has 0 aliphatic carbocycles. The van der Waals surface area contributed by atoms with Crippen molar-refractivity contribution in [2.75, 3.05) is 38.7 Å². The summed E-state index contributed by atoms with van der Waals surface area (Å²) in [4.78, 5) is 21.9. The van der Waals surface area contributed by atoms with Gasteiger partial charge >= 0.3 is 5.97 Å². The first-order valence-electron chi connectivity index (χ1n) is 9.03. The van der Waals surface area contributed by atoms with Gasteiger partial charge in [-0.2, -0.15) is 0 Å². The Labute approximate surface area is 183 Å². The van der Waals surface area contributed by atoms with Crippen LogP contribution in [0.5, 0.6) is 0 Å². The molecule has 1 aromatic heterocycles. The fraction of sp³-hybridized carbons (Fsp3) is 0.611. The summed E-state index contributed by atoms with van der Waals surface area (Å²) in [6.07, 6.45) is 6.07. The number of halogens is 2. The number of aromatic nitrogens is 1. The van der Waals surface area contributed by atoms with E-state index in [-0.39, 0.29) is 29.9 Å². The molecule has 0 saturated carbocycles. The second-order valence-corrected chi connectivity index (χ2v) is 6.68. The molecule has 0 amide bonds. The number of aliphatic imine (C=N–C) groups is 1. The van der Waals surface area contributed by atoms with E-state index >= 15 is 0 Å². The molecule has 9 heteroatoms. The molecule has 0 spiro atoms. The predicted molar refractivity (Wildman–Crippen MR) is 120 cm³/mol. The van der Waals surface area contributed by atoms with Gasteiger partial charge in [0.15, 0.2) is 5.96 Å². The highest BCUT2D eigenvalue weighted by Crippen LogP contribution is 2.25. The number of anilines is 1. The Morgan fingerprint density at radius 1 is 1.44 bits per heavy atom. The van der Waals surface area contributed by atoms with Gasteiger partial charge in [-0.15, -0.1) is 24.0 Å². The average molecular weight is 510 g/mol. The third kappa shape index (κ3) is 8.08. The lowest BCUT2D eigenvalue weighted by molar-refractivity contribution is -0.140. The number of rotatable bonds is 8. The Bertz CT molecular complexity index is 617. The molecule has 0 radical (unpaired) electrons. The third-order valence-electron chi connectivity index (χ3n) is 4.37. The zero-order chi connectivity index (χ0) is 18.8. The molecule has 1 unspecified atom stereocenters. The third-order valence-corrected chi connectivity index (χ3v) is 4.66. The molecule has 2 rings (SSSR count). The summed E-state index contributed by atoms with van der Waals surface area (Å²) in [5, 5.41) is 7.47. The first-order chi connectivity index (χ1) is 12.6. The van der Waals surface area contributed by atoms with Crippen LogP contribution in [0.15, 0.2) is 23.3 Å². The monoisotopic (exact) mass is 509 g/mol. The van der Waals surface area contributed by atoms with Crippen LogP contribution in [0.4, 0.5) is 5.82 Å². The number of methoxy groups -OCH3 is 1. The minimum absolute atomic E-state index is 0. The normalized spacial score (nSPS) is 16.6. The van der Waals surface area contributed by atoms with Crippen LogP contribution in [0.25, 0.3) is 0 Å². The number of guanidine groups is 1. The number of carbonyl (C=O) groups is 1. The fourth-order valence-electron chi connectivity index (χ4n) is 2.95. The summed E-state index contributed by atoms with van der Waals surface area (Å²) >= 11 is 6.23. The summed E-state index contributed by atoms with van der Waals surface area (Å²) in [6, 6.07) is 4.01. The van der Waals surface area contributed by atoms with Crippen LogP contribution >= 0.6 is 35.6 Å². The van der Waals surface area contributed by atoms with Crippen molar-refractivity contribution in [3.63, 3.8) is 0 Å². The Hall–Kier alpha value is -1.29. The maximum Gasteiger partial charge on any atom is 0.305 e. The van der Waals surface area contributed by atoms with Gasteiger partial charge in [0.25, 0.3) is 0 Å². The van der Waals surface area contributed by atoms with Crippen LogP contribution in [0.3, 0.4) is 0 Å². The molecule has 1 aromatic rings. The molecular formula is C18H29ClIN5O2. The number of ether oxygens (including phenoxy) is 1. The second kappa shape index (κ2) is 13.0. The minimum Gasteiger partial charge on any atom is -0.469 e.